The highest BCUT2D eigenvalue weighted by Crippen LogP contribution is 2.44. The number of benzene rings is 4. The van der Waals surface area contributed by atoms with Crippen molar-refractivity contribution >= 4 is 11.8 Å². The maximum Gasteiger partial charge on any atom is 0.220 e. The van der Waals surface area contributed by atoms with Gasteiger partial charge in [-0.1, -0.05) is 215 Å². The van der Waals surface area contributed by atoms with Crippen LogP contribution in [0.4, 0.5) is 0 Å². The molecule has 0 bridgehead atoms. The minimum atomic E-state index is -0.282. The summed E-state index contributed by atoms with van der Waals surface area (Å²) >= 11 is 0. The molecule has 0 aliphatic rings. The van der Waals surface area contributed by atoms with E-state index in [4.69, 9.17) is 0 Å². The van der Waals surface area contributed by atoms with Gasteiger partial charge in [-0.3, -0.25) is 9.59 Å². The summed E-state index contributed by atoms with van der Waals surface area (Å²) in [5, 5.41) is 52.9. The van der Waals surface area contributed by atoms with Crippen molar-refractivity contribution in [3.8, 4) is 23.0 Å². The zero-order valence-electron chi connectivity index (χ0n) is 53.4. The molecule has 8 heteroatoms. The number of rotatable bonds is 17. The third-order valence-corrected chi connectivity index (χ3v) is 15.6. The number of amides is 2. The summed E-state index contributed by atoms with van der Waals surface area (Å²) in [6, 6.07) is 16.6. The molecule has 0 unspecified atom stereocenters. The van der Waals surface area contributed by atoms with Crippen molar-refractivity contribution in [3.05, 3.63) is 115 Å². The minimum Gasteiger partial charge on any atom is -0.507 e. The van der Waals surface area contributed by atoms with E-state index in [0.29, 0.717) is 74.4 Å². The summed E-state index contributed by atoms with van der Waals surface area (Å²) in [5.74, 6) is 1.01. The van der Waals surface area contributed by atoms with Crippen LogP contribution in [0, 0.1) is 0 Å². The second-order valence-corrected chi connectivity index (χ2v) is 31.3. The van der Waals surface area contributed by atoms with Crippen LogP contribution in [0.15, 0.2) is 48.5 Å². The highest BCUT2D eigenvalue weighted by molar-refractivity contribution is 5.84. The van der Waals surface area contributed by atoms with Gasteiger partial charge in [-0.05, 0) is 161 Å². The molecule has 0 fully saturated rings. The standard InChI is InChI=1S/C70H108N2O6/c1-63(2,3)49-35-43(36-50(59(49)75)64(4,5)6)25-29-47(30-26-44-37-51(65(7,8)9)60(76)52(38-44)66(10,11)12)71-57(73)33-34-58(74)72-48(31-27-45-39-53(67(13,14)15)61(77)54(40-45)68(16,17)18)32-28-46-41-55(69(19,20)21)62(78)56(42-46)70(22,23)24/h35-42,47-48,75-78H,25-34H2,1-24H3,(H,71,73)(H,72,74). The Morgan fingerprint density at radius 1 is 0.308 bits per heavy atom. The van der Waals surface area contributed by atoms with Gasteiger partial charge in [0.15, 0.2) is 0 Å². The van der Waals surface area contributed by atoms with Gasteiger partial charge < -0.3 is 31.1 Å². The van der Waals surface area contributed by atoms with Crippen LogP contribution >= 0.6 is 0 Å². The van der Waals surface area contributed by atoms with Crippen molar-refractivity contribution in [2.24, 2.45) is 0 Å². The molecular formula is C70H108N2O6. The van der Waals surface area contributed by atoms with E-state index in [2.05, 4.69) is 225 Å². The van der Waals surface area contributed by atoms with Gasteiger partial charge in [0.1, 0.15) is 23.0 Å². The predicted molar refractivity (Wildman–Crippen MR) is 328 cm³/mol. The molecule has 4 rings (SSSR count). The van der Waals surface area contributed by atoms with Gasteiger partial charge in [0.2, 0.25) is 11.8 Å². The quantitative estimate of drug-likeness (QED) is 0.0623. The van der Waals surface area contributed by atoms with Crippen molar-refractivity contribution in [3.63, 3.8) is 0 Å². The maximum absolute atomic E-state index is 14.2. The molecular weight excluding hydrogens is 965 g/mol. The minimum absolute atomic E-state index is 0.0296. The summed E-state index contributed by atoms with van der Waals surface area (Å²) in [7, 11) is 0. The Hall–Kier alpha value is -4.98. The molecule has 4 aromatic carbocycles. The fourth-order valence-electron chi connectivity index (χ4n) is 10.7. The van der Waals surface area contributed by atoms with Gasteiger partial charge in [-0.15, -0.1) is 0 Å². The van der Waals surface area contributed by atoms with Gasteiger partial charge in [0.25, 0.3) is 0 Å². The molecule has 4 aromatic rings. The zero-order valence-corrected chi connectivity index (χ0v) is 53.4. The Bertz CT molecular complexity index is 2240. The fraction of sp³-hybridized carbons (Fsp3) is 0.629. The Kier molecular flexibility index (Phi) is 20.2. The number of carbonyl (C=O) groups excluding carboxylic acids is 2. The maximum atomic E-state index is 14.2. The summed E-state index contributed by atoms with van der Waals surface area (Å²) < 4.78 is 0. The van der Waals surface area contributed by atoms with Gasteiger partial charge in [0, 0.05) is 24.9 Å². The van der Waals surface area contributed by atoms with Crippen LogP contribution in [0.3, 0.4) is 0 Å². The molecule has 6 N–H and O–H groups in total. The Labute approximate surface area is 474 Å². The summed E-state index contributed by atoms with van der Waals surface area (Å²) in [4.78, 5) is 28.5. The van der Waals surface area contributed by atoms with E-state index >= 15 is 0 Å². The number of carbonyl (C=O) groups is 2. The monoisotopic (exact) mass is 1070 g/mol. The highest BCUT2D eigenvalue weighted by atomic mass is 16.3. The number of nitrogens with one attached hydrogen (secondary N) is 2. The van der Waals surface area contributed by atoms with E-state index in [1.54, 1.807) is 0 Å². The molecule has 8 nitrogen and oxygen atoms in total. The molecule has 0 radical (unpaired) electrons. The van der Waals surface area contributed by atoms with Crippen molar-refractivity contribution in [2.75, 3.05) is 0 Å². The largest absolute Gasteiger partial charge is 0.507 e. The highest BCUT2D eigenvalue weighted by Gasteiger charge is 2.32. The van der Waals surface area contributed by atoms with Crippen LogP contribution < -0.4 is 10.6 Å². The van der Waals surface area contributed by atoms with E-state index in [0.717, 1.165) is 66.8 Å². The Balaban J connectivity index is 1.67. The van der Waals surface area contributed by atoms with Crippen LogP contribution in [-0.4, -0.2) is 44.3 Å². The summed E-state index contributed by atoms with van der Waals surface area (Å²) in [6.45, 7) is 50.9. The average molecular weight is 1070 g/mol. The second kappa shape index (κ2) is 24.0. The molecule has 0 spiro atoms. The van der Waals surface area contributed by atoms with Crippen LogP contribution in [0.25, 0.3) is 0 Å². The van der Waals surface area contributed by atoms with Gasteiger partial charge in [-0.25, -0.2) is 0 Å². The SMILES string of the molecule is CC(C)(C)c1cc(CCC(CCc2cc(C(C)(C)C)c(O)c(C(C)(C)C)c2)NC(=O)CCC(=O)NC(CCc2cc(C(C)(C)C)c(O)c(C(C)(C)C)c2)CCc2cc(C(C)(C)C)c(O)c(C(C)(C)C)c2)cc(C(C)(C)C)c1O. The molecule has 0 saturated carbocycles. The predicted octanol–water partition coefficient (Wildman–Crippen LogP) is 16.5. The molecule has 0 aliphatic carbocycles. The van der Waals surface area contributed by atoms with E-state index in [9.17, 15) is 30.0 Å². The third-order valence-electron chi connectivity index (χ3n) is 15.6. The van der Waals surface area contributed by atoms with Crippen LogP contribution in [0.5, 0.6) is 23.0 Å². The summed E-state index contributed by atoms with van der Waals surface area (Å²) in [6.07, 6.45) is 5.41. The van der Waals surface area contributed by atoms with Crippen molar-refractivity contribution in [1.82, 2.24) is 10.6 Å². The molecule has 0 aromatic heterocycles. The number of hydrogen-bond acceptors (Lipinski definition) is 6. The van der Waals surface area contributed by atoms with Gasteiger partial charge in [0.05, 0.1) is 0 Å². The molecule has 0 saturated heterocycles. The van der Waals surface area contributed by atoms with E-state index in [-0.39, 0.29) is 80.1 Å². The fourth-order valence-corrected chi connectivity index (χ4v) is 10.7. The number of phenols is 4. The smallest absolute Gasteiger partial charge is 0.220 e. The van der Waals surface area contributed by atoms with Gasteiger partial charge in [-0.2, -0.15) is 0 Å². The number of phenolic OH excluding ortho intramolecular Hbond substituents is 4. The molecule has 434 valence electrons. The number of hydrogen-bond donors (Lipinski definition) is 6. The topological polar surface area (TPSA) is 139 Å². The number of aromatic hydroxyl groups is 4. The molecule has 0 aliphatic heterocycles. The first kappa shape index (κ1) is 65.5. The van der Waals surface area contributed by atoms with Crippen molar-refractivity contribution in [1.29, 1.82) is 0 Å². The number of aryl methyl sites for hydroxylation is 4. The first-order valence-corrected chi connectivity index (χ1v) is 29.3. The lowest BCUT2D eigenvalue weighted by molar-refractivity contribution is -0.127. The first-order chi connectivity index (χ1) is 35.2. The normalized spacial score (nSPS) is 13.4. The van der Waals surface area contributed by atoms with Crippen LogP contribution in [0.1, 0.15) is 271 Å². The Morgan fingerprint density at radius 2 is 0.449 bits per heavy atom. The lowest BCUT2D eigenvalue weighted by Crippen LogP contribution is -2.38. The van der Waals surface area contributed by atoms with Crippen molar-refractivity contribution in [2.45, 2.75) is 286 Å². The lowest BCUT2D eigenvalue weighted by atomic mass is 9.77. The average Bonchev–Trinajstić information content (AvgIpc) is 3.25. The molecule has 0 heterocycles. The first-order valence-electron chi connectivity index (χ1n) is 29.3. The zero-order chi connectivity index (χ0) is 59.7. The van der Waals surface area contributed by atoms with Crippen LogP contribution in [0.2, 0.25) is 0 Å². The van der Waals surface area contributed by atoms with Crippen molar-refractivity contribution < 1.29 is 30.0 Å². The van der Waals surface area contributed by atoms with E-state index in [1.807, 2.05) is 0 Å². The van der Waals surface area contributed by atoms with E-state index < -0.39 is 0 Å². The third kappa shape index (κ3) is 17.8. The van der Waals surface area contributed by atoms with Gasteiger partial charge >= 0.3 is 0 Å². The Morgan fingerprint density at radius 3 is 0.577 bits per heavy atom. The lowest BCUT2D eigenvalue weighted by Gasteiger charge is -2.29. The van der Waals surface area contributed by atoms with E-state index in [1.165, 1.54) is 0 Å². The molecule has 2 amide bonds. The van der Waals surface area contributed by atoms with Crippen LogP contribution in [-0.2, 0) is 78.6 Å². The second-order valence-electron chi connectivity index (χ2n) is 31.3. The molecule has 0 atom stereocenters. The summed E-state index contributed by atoms with van der Waals surface area (Å²) in [5.41, 5.74) is 9.42. The molecule has 78 heavy (non-hydrogen) atoms.